The number of para-hydroxylation sites is 1. The summed E-state index contributed by atoms with van der Waals surface area (Å²) in [6, 6.07) is 16.8. The van der Waals surface area contributed by atoms with Crippen LogP contribution in [0.4, 0.5) is 0 Å². The first-order chi connectivity index (χ1) is 14.5. The molecule has 1 unspecified atom stereocenters. The van der Waals surface area contributed by atoms with Crippen LogP contribution in [0.2, 0.25) is 0 Å². The molecule has 0 N–H and O–H groups in total. The Balaban J connectivity index is 0.00000480. The number of nitrogens with zero attached hydrogens (tertiary/aromatic N) is 1. The molecule has 0 saturated carbocycles. The summed E-state index contributed by atoms with van der Waals surface area (Å²) in [5, 5.41) is 0. The van der Waals surface area contributed by atoms with Gasteiger partial charge in [0.05, 0.1) is 32.8 Å². The van der Waals surface area contributed by atoms with Gasteiger partial charge in [-0.05, 0) is 68.9 Å². The molecule has 174 valence electrons. The van der Waals surface area contributed by atoms with Gasteiger partial charge >= 0.3 is 5.91 Å². The number of quaternary nitrogens is 1. The molecule has 4 heteroatoms. The largest absolute Gasteiger partial charge is 1.00 e. The summed E-state index contributed by atoms with van der Waals surface area (Å²) in [4.78, 5) is 0. The van der Waals surface area contributed by atoms with E-state index in [1.807, 2.05) is 30.3 Å². The predicted octanol–water partition coefficient (Wildman–Crippen LogP) is 3.70. The molecule has 0 aromatic heterocycles. The minimum Gasteiger partial charge on any atom is -1.00 e. The number of halogens is 1. The lowest BCUT2D eigenvalue weighted by Gasteiger charge is -2.46. The van der Waals surface area contributed by atoms with Gasteiger partial charge in [-0.1, -0.05) is 57.0 Å². The number of unbranched alkanes of at least 4 members (excludes halogenated alkanes) is 2. The third-order valence-electron chi connectivity index (χ3n) is 6.12. The molecule has 0 fully saturated rings. The van der Waals surface area contributed by atoms with E-state index >= 15 is 0 Å². The summed E-state index contributed by atoms with van der Waals surface area (Å²) in [7, 11) is 4.42. The highest BCUT2D eigenvalue weighted by Crippen LogP contribution is 2.40. The number of aryl methyl sites for hydroxylation is 1. The van der Waals surface area contributed by atoms with Gasteiger partial charge in [-0.25, -0.2) is 0 Å². The molecule has 3 nitrogen and oxygen atoms in total. The van der Waals surface area contributed by atoms with Crippen LogP contribution in [0, 0.1) is 0 Å². The molecule has 2 aromatic carbocycles. The van der Waals surface area contributed by atoms with Crippen molar-refractivity contribution in [3.63, 3.8) is 0 Å². The normalized spacial score (nSPS) is 13.4. The van der Waals surface area contributed by atoms with E-state index in [1.165, 1.54) is 42.4 Å². The second kappa shape index (κ2) is 13.1. The van der Waals surface area contributed by atoms with E-state index in [0.29, 0.717) is 11.1 Å². The van der Waals surface area contributed by atoms with Gasteiger partial charge in [0.2, 0.25) is 0 Å². The van der Waals surface area contributed by atoms with E-state index in [9.17, 15) is 0 Å². The minimum atomic E-state index is -0.893. The van der Waals surface area contributed by atoms with Gasteiger partial charge in [0, 0.05) is 0 Å². The third kappa shape index (κ3) is 6.47. The number of hydrogen-bond acceptors (Lipinski definition) is 2. The number of ether oxygens (including phenoxy) is 2. The van der Waals surface area contributed by atoms with E-state index in [1.54, 1.807) is 0 Å². The maximum atomic E-state index is 6.81. The van der Waals surface area contributed by atoms with Crippen molar-refractivity contribution in [2.45, 2.75) is 72.1 Å². The van der Waals surface area contributed by atoms with Crippen LogP contribution >= 0.6 is 0 Å². The summed E-state index contributed by atoms with van der Waals surface area (Å²) in [5.74, 6) is -0.0538. The van der Waals surface area contributed by atoms with Crippen LogP contribution in [-0.4, -0.2) is 31.7 Å². The summed E-state index contributed by atoms with van der Waals surface area (Å²) < 4.78 is 14.0. The van der Waals surface area contributed by atoms with Crippen molar-refractivity contribution >= 4 is 0 Å². The highest BCUT2D eigenvalue weighted by Gasteiger charge is 2.52. The zero-order chi connectivity index (χ0) is 22.0. The average molecular weight is 448 g/mol. The lowest BCUT2D eigenvalue weighted by Crippen LogP contribution is -3.00. The van der Waals surface area contributed by atoms with Crippen molar-refractivity contribution in [1.82, 2.24) is 0 Å². The molecule has 1 atom stereocenters. The lowest BCUT2D eigenvalue weighted by atomic mass is 9.90. The topological polar surface area (TPSA) is 18.5 Å². The molecule has 0 saturated heterocycles. The Morgan fingerprint density at radius 3 is 2.03 bits per heavy atom. The minimum absolute atomic E-state index is 0. The number of rotatable bonds is 13. The Bertz CT molecular complexity index is 763. The molecule has 0 heterocycles. The van der Waals surface area contributed by atoms with Gasteiger partial charge in [0.15, 0.2) is 0 Å². The molecule has 0 spiro atoms. The first-order valence-electron chi connectivity index (χ1n) is 11.8. The van der Waals surface area contributed by atoms with Gasteiger partial charge < -0.3 is 17.1 Å². The van der Waals surface area contributed by atoms with Crippen molar-refractivity contribution < 1.29 is 26.4 Å². The van der Waals surface area contributed by atoms with E-state index in [0.717, 1.165) is 25.1 Å². The molecule has 0 aliphatic rings. The van der Waals surface area contributed by atoms with Gasteiger partial charge in [-0.15, -0.1) is 0 Å². The summed E-state index contributed by atoms with van der Waals surface area (Å²) >= 11 is 0. The highest BCUT2D eigenvalue weighted by molar-refractivity contribution is 5.39. The third-order valence-corrected chi connectivity index (χ3v) is 6.12. The molecule has 2 rings (SSSR count). The van der Waals surface area contributed by atoms with Crippen molar-refractivity contribution in [2.75, 3.05) is 27.2 Å². The van der Waals surface area contributed by atoms with E-state index in [-0.39, 0.29) is 12.4 Å². The van der Waals surface area contributed by atoms with Crippen LogP contribution in [-0.2, 0) is 23.5 Å². The lowest BCUT2D eigenvalue weighted by molar-refractivity contribution is -1.000. The zero-order valence-electron chi connectivity index (χ0n) is 20.4. The second-order valence-corrected chi connectivity index (χ2v) is 8.58. The van der Waals surface area contributed by atoms with Gasteiger partial charge in [-0.2, -0.15) is 0 Å². The Morgan fingerprint density at radius 1 is 0.806 bits per heavy atom. The van der Waals surface area contributed by atoms with Crippen molar-refractivity contribution in [3.8, 4) is 5.75 Å². The van der Waals surface area contributed by atoms with Crippen LogP contribution in [0.1, 0.15) is 70.1 Å². The van der Waals surface area contributed by atoms with Crippen molar-refractivity contribution in [1.29, 1.82) is 0 Å². The Hall–Kier alpha value is -1.55. The molecule has 2 aromatic rings. The van der Waals surface area contributed by atoms with E-state index in [4.69, 9.17) is 9.47 Å². The predicted molar refractivity (Wildman–Crippen MR) is 127 cm³/mol. The van der Waals surface area contributed by atoms with Crippen LogP contribution in [0.3, 0.4) is 0 Å². The van der Waals surface area contributed by atoms with E-state index in [2.05, 4.69) is 60.0 Å². The van der Waals surface area contributed by atoms with Crippen LogP contribution in [0.25, 0.3) is 0 Å². The van der Waals surface area contributed by atoms with Crippen molar-refractivity contribution in [3.05, 3.63) is 65.2 Å². The Morgan fingerprint density at radius 2 is 1.45 bits per heavy atom. The van der Waals surface area contributed by atoms with Crippen LogP contribution in [0.15, 0.2) is 48.5 Å². The zero-order valence-corrected chi connectivity index (χ0v) is 21.2. The molecule has 0 radical (unpaired) electrons. The van der Waals surface area contributed by atoms with E-state index < -0.39 is 5.91 Å². The summed E-state index contributed by atoms with van der Waals surface area (Å²) in [6.07, 6.45) is 6.91. The van der Waals surface area contributed by atoms with Gasteiger partial charge in [-0.3, -0.25) is 9.22 Å². The fourth-order valence-corrected chi connectivity index (χ4v) is 4.02. The average Bonchev–Trinajstić information content (AvgIpc) is 2.76. The Kier molecular flexibility index (Phi) is 11.6. The molecule has 0 amide bonds. The maximum absolute atomic E-state index is 6.81. The molecule has 0 bridgehead atoms. The Labute approximate surface area is 196 Å². The smallest absolute Gasteiger partial charge is 0.390 e. The summed E-state index contributed by atoms with van der Waals surface area (Å²) in [5.41, 5.74) is 4.04. The summed E-state index contributed by atoms with van der Waals surface area (Å²) in [6.45, 7) is 10.3. The molecule has 0 aliphatic heterocycles. The molecule has 0 aliphatic carbocycles. The fraction of sp³-hybridized carbons (Fsp3) is 0.556. The quantitative estimate of drug-likeness (QED) is 0.344. The standard InChI is InChI=1S/C27H42NO2.ClH/c1-7-11-17-23-18-16-22-26(25(23)21-12-8-2)27(29-10-4,28(5,6)9-3)30-24-19-14-13-15-20-24;/h13-16,18-20,22H,7-12,17,21H2,1-6H3;1H/q+1;/p-1. The second-order valence-electron chi connectivity index (χ2n) is 8.58. The number of benzene rings is 2. The highest BCUT2D eigenvalue weighted by atomic mass is 35.5. The number of hydrogen-bond donors (Lipinski definition) is 0. The van der Waals surface area contributed by atoms with Crippen molar-refractivity contribution in [2.24, 2.45) is 0 Å². The van der Waals surface area contributed by atoms with Crippen LogP contribution < -0.4 is 17.1 Å². The van der Waals surface area contributed by atoms with Gasteiger partial charge in [0.1, 0.15) is 5.75 Å². The first kappa shape index (κ1) is 27.5. The fourth-order valence-electron chi connectivity index (χ4n) is 4.02. The maximum Gasteiger partial charge on any atom is 0.390 e. The SMILES string of the molecule is CCCCc1cccc(C(OCC)(Oc2ccccc2)[N+](C)(C)CC)c1CCCC.[Cl-]. The monoisotopic (exact) mass is 447 g/mol. The van der Waals surface area contributed by atoms with Gasteiger partial charge in [0.25, 0.3) is 0 Å². The molecular formula is C27H42ClNO2. The molecule has 31 heavy (non-hydrogen) atoms. The molecular weight excluding hydrogens is 406 g/mol. The first-order valence-corrected chi connectivity index (χ1v) is 11.8. The van der Waals surface area contributed by atoms with Crippen LogP contribution in [0.5, 0.6) is 5.75 Å².